The van der Waals surface area contributed by atoms with Gasteiger partial charge in [0.05, 0.1) is 62.9 Å². The molecule has 0 unspecified atom stereocenters. The van der Waals surface area contributed by atoms with Gasteiger partial charge < -0.3 is 19.7 Å². The number of aromatic nitrogens is 3. The predicted molar refractivity (Wildman–Crippen MR) is 200 cm³/mol. The van der Waals surface area contributed by atoms with Crippen LogP contribution in [0, 0.1) is 23.1 Å². The van der Waals surface area contributed by atoms with Crippen molar-refractivity contribution in [2.24, 2.45) is 5.92 Å². The standard InChI is InChI=1S/C39H36Cl3FN6O3/c1-39(2,51)27-12-11-20(17-46-27)33-29-31(42)37(26-10-6-14-48(26)38(50)52-3)49(35-21-16-25(35)45-18-21)36(29)23-15-19(7-5-13-44)28(32(43)34(23)47-33)22-8-4-9-24(40)30(22)41/h4,8-9,11-12,15,17,21,25-26,35,45,51H,5-7,10,14,16,18H2,1-3H3/t21-,25-,26-,35+/m1/s1. The second-order valence-corrected chi connectivity index (χ2v) is 15.6. The first-order chi connectivity index (χ1) is 24.9. The van der Waals surface area contributed by atoms with Crippen molar-refractivity contribution < 1.29 is 19.0 Å². The van der Waals surface area contributed by atoms with Crippen LogP contribution in [0.5, 0.6) is 0 Å². The molecule has 3 aromatic heterocycles. The Kier molecular flexibility index (Phi) is 8.87. The maximum atomic E-state index is 17.6. The second kappa shape index (κ2) is 13.2. The number of hydrogen-bond donors (Lipinski definition) is 2. The van der Waals surface area contributed by atoms with E-state index < -0.39 is 23.6 Å². The molecule has 5 aromatic rings. The summed E-state index contributed by atoms with van der Waals surface area (Å²) in [7, 11) is 1.38. The predicted octanol–water partition coefficient (Wildman–Crippen LogP) is 9.14. The van der Waals surface area contributed by atoms with Gasteiger partial charge in [0.2, 0.25) is 0 Å². The average molecular weight is 762 g/mol. The van der Waals surface area contributed by atoms with Crippen LogP contribution in [-0.2, 0) is 16.8 Å². The lowest BCUT2D eigenvalue weighted by molar-refractivity contribution is 0.0739. The number of carbonyl (C=O) groups is 1. The van der Waals surface area contributed by atoms with Crippen LogP contribution in [-0.4, -0.2) is 56.9 Å². The molecule has 4 aliphatic rings. The molecule has 9 rings (SSSR count). The van der Waals surface area contributed by atoms with Gasteiger partial charge >= 0.3 is 6.09 Å². The van der Waals surface area contributed by atoms with Crippen LogP contribution in [0.15, 0.2) is 42.6 Å². The van der Waals surface area contributed by atoms with Crippen LogP contribution in [0.2, 0.25) is 15.1 Å². The van der Waals surface area contributed by atoms with E-state index in [-0.39, 0.29) is 46.1 Å². The Balaban J connectivity index is 1.52. The first-order valence-corrected chi connectivity index (χ1v) is 18.5. The number of fused-ring (bicyclic) bond motifs is 4. The fraction of sp³-hybridized carbons (Fsp3) is 0.385. The number of halogens is 4. The van der Waals surface area contributed by atoms with Crippen LogP contribution in [0.4, 0.5) is 9.18 Å². The normalized spacial score (nSPS) is 21.2. The Morgan fingerprint density at radius 1 is 1.21 bits per heavy atom. The summed E-state index contributed by atoms with van der Waals surface area (Å²) in [5, 5.41) is 26.0. The van der Waals surface area contributed by atoms with Crippen molar-refractivity contribution in [2.45, 2.75) is 69.7 Å². The van der Waals surface area contributed by atoms with E-state index >= 15 is 4.39 Å². The molecule has 13 heteroatoms. The number of rotatable bonds is 7. The minimum Gasteiger partial charge on any atom is -0.453 e. The molecule has 268 valence electrons. The Hall–Kier alpha value is -3.98. The molecule has 1 aliphatic carbocycles. The summed E-state index contributed by atoms with van der Waals surface area (Å²) in [6, 6.07) is 12.5. The number of carbonyl (C=O) groups excluding carboxylic acids is 1. The van der Waals surface area contributed by atoms with Crippen molar-refractivity contribution in [3.05, 3.63) is 80.4 Å². The zero-order valence-corrected chi connectivity index (χ0v) is 31.1. The largest absolute Gasteiger partial charge is 0.453 e. The smallest absolute Gasteiger partial charge is 0.410 e. The number of hydrogen-bond acceptors (Lipinski definition) is 7. The van der Waals surface area contributed by atoms with Crippen molar-refractivity contribution in [2.75, 3.05) is 20.2 Å². The molecule has 6 heterocycles. The molecule has 1 amide bonds. The van der Waals surface area contributed by atoms with E-state index in [0.29, 0.717) is 68.3 Å². The van der Waals surface area contributed by atoms with E-state index in [2.05, 4.69) is 20.9 Å². The molecule has 3 saturated heterocycles. The van der Waals surface area contributed by atoms with Gasteiger partial charge in [0.1, 0.15) is 11.1 Å². The molecule has 2 bridgehead atoms. The molecular formula is C39H36Cl3FN6O3. The number of nitrogens with zero attached hydrogens (tertiary/aromatic N) is 5. The molecule has 0 spiro atoms. The number of likely N-dealkylation sites (tertiary alicyclic amines) is 1. The lowest BCUT2D eigenvalue weighted by Gasteiger charge is -2.39. The first kappa shape index (κ1) is 35.1. The molecule has 52 heavy (non-hydrogen) atoms. The van der Waals surface area contributed by atoms with Gasteiger partial charge in [-0.3, -0.25) is 9.88 Å². The maximum absolute atomic E-state index is 17.6. The summed E-state index contributed by atoms with van der Waals surface area (Å²) in [6.07, 6.45) is 4.00. The number of methoxy groups -OCH3 is 1. The lowest BCUT2D eigenvalue weighted by atomic mass is 9.79. The highest BCUT2D eigenvalue weighted by Crippen LogP contribution is 2.54. The minimum absolute atomic E-state index is 0.00749. The highest BCUT2D eigenvalue weighted by atomic mass is 35.5. The van der Waals surface area contributed by atoms with E-state index in [4.69, 9.17) is 44.5 Å². The Labute approximate surface area is 315 Å². The van der Waals surface area contributed by atoms with Crippen molar-refractivity contribution in [1.29, 1.82) is 5.26 Å². The SMILES string of the molecule is COC(=O)N1CCC[C@@H]1c1c(Cl)c2c(-c3ccc(C(C)(C)O)nc3)nc3c(F)c(-c4cccc(Cl)c4Cl)c(CCC#N)cc3c2n1[C@H]1[C@H]2CN[C@@H]1C2. The zero-order valence-electron chi connectivity index (χ0n) is 28.8. The number of benzene rings is 2. The van der Waals surface area contributed by atoms with Crippen molar-refractivity contribution in [3.63, 3.8) is 0 Å². The van der Waals surface area contributed by atoms with Crippen LogP contribution >= 0.6 is 34.8 Å². The molecule has 1 saturated carbocycles. The van der Waals surface area contributed by atoms with Gasteiger partial charge in [-0.05, 0) is 75.3 Å². The van der Waals surface area contributed by atoms with Crippen LogP contribution in [0.1, 0.15) is 68.6 Å². The third-order valence-corrected chi connectivity index (χ3v) is 12.2. The fourth-order valence-corrected chi connectivity index (χ4v) is 9.32. The highest BCUT2D eigenvalue weighted by Gasteiger charge is 2.51. The topological polar surface area (TPSA) is 116 Å². The van der Waals surface area contributed by atoms with E-state index in [9.17, 15) is 15.2 Å². The van der Waals surface area contributed by atoms with E-state index in [1.54, 1.807) is 55.3 Å². The fourth-order valence-electron chi connectivity index (χ4n) is 8.53. The zero-order chi connectivity index (χ0) is 36.6. The maximum Gasteiger partial charge on any atom is 0.410 e. The highest BCUT2D eigenvalue weighted by molar-refractivity contribution is 6.44. The minimum atomic E-state index is -1.19. The Morgan fingerprint density at radius 3 is 2.67 bits per heavy atom. The lowest BCUT2D eigenvalue weighted by Crippen LogP contribution is -2.41. The van der Waals surface area contributed by atoms with Gasteiger partial charge in [-0.1, -0.05) is 46.9 Å². The third kappa shape index (κ3) is 5.43. The Bertz CT molecular complexity index is 2300. The van der Waals surface area contributed by atoms with Crippen LogP contribution in [0.25, 0.3) is 44.2 Å². The van der Waals surface area contributed by atoms with E-state index in [0.717, 1.165) is 25.1 Å². The van der Waals surface area contributed by atoms with Gasteiger partial charge in [-0.25, -0.2) is 14.2 Å². The van der Waals surface area contributed by atoms with Gasteiger partial charge in [0, 0.05) is 59.2 Å². The molecule has 4 fully saturated rings. The quantitative estimate of drug-likeness (QED) is 0.170. The summed E-state index contributed by atoms with van der Waals surface area (Å²) in [5.41, 5.74) is 3.03. The van der Waals surface area contributed by atoms with Crippen LogP contribution in [0.3, 0.4) is 0 Å². The number of nitrogens with one attached hydrogen (secondary N) is 1. The number of pyridine rings is 2. The van der Waals surface area contributed by atoms with Gasteiger partial charge in [-0.15, -0.1) is 0 Å². The van der Waals surface area contributed by atoms with E-state index in [1.807, 2.05) is 6.07 Å². The average Bonchev–Trinajstić information content (AvgIpc) is 3.93. The first-order valence-electron chi connectivity index (χ1n) is 17.4. The van der Waals surface area contributed by atoms with Crippen molar-refractivity contribution in [3.8, 4) is 28.5 Å². The monoisotopic (exact) mass is 760 g/mol. The van der Waals surface area contributed by atoms with E-state index in [1.165, 1.54) is 7.11 Å². The molecule has 3 aliphatic heterocycles. The molecular weight excluding hydrogens is 726 g/mol. The molecule has 4 atom stereocenters. The summed E-state index contributed by atoms with van der Waals surface area (Å²) in [6.45, 7) is 4.65. The van der Waals surface area contributed by atoms with Gasteiger partial charge in [0.15, 0.2) is 5.82 Å². The number of ether oxygens (including phenoxy) is 1. The molecule has 2 aromatic carbocycles. The van der Waals surface area contributed by atoms with Crippen molar-refractivity contribution >= 4 is 62.7 Å². The summed E-state index contributed by atoms with van der Waals surface area (Å²) in [5.74, 6) is -0.300. The number of aryl methyl sites for hydroxylation is 1. The molecule has 0 radical (unpaired) electrons. The molecule has 9 nitrogen and oxygen atoms in total. The number of nitriles is 1. The number of aliphatic hydroxyl groups is 1. The van der Waals surface area contributed by atoms with Crippen LogP contribution < -0.4 is 5.32 Å². The summed E-state index contributed by atoms with van der Waals surface area (Å²) < 4.78 is 25.1. The number of amides is 1. The second-order valence-electron chi connectivity index (χ2n) is 14.4. The Morgan fingerprint density at radius 2 is 2.02 bits per heavy atom. The van der Waals surface area contributed by atoms with Gasteiger partial charge in [-0.2, -0.15) is 5.26 Å². The summed E-state index contributed by atoms with van der Waals surface area (Å²) in [4.78, 5) is 24.5. The third-order valence-electron chi connectivity index (χ3n) is 11.0. The summed E-state index contributed by atoms with van der Waals surface area (Å²) >= 11 is 20.8. The molecule has 2 N–H and O–H groups in total. The van der Waals surface area contributed by atoms with Gasteiger partial charge in [0.25, 0.3) is 0 Å². The van der Waals surface area contributed by atoms with Crippen molar-refractivity contribution in [1.82, 2.24) is 24.8 Å².